The standard InChI is InChI=1S/C15H13F3N6O2S2/c16-15(17,18)8-6-20-14(10-3-4-12(27-10)28(19,25)26)22-13(8)21-11-5-9(23-24-11)7-1-2-7/h3-7H,1-2H2,(H2,19,25,26)(H2,20,21,22,23,24). The van der Waals surface area contributed by atoms with Crippen LogP contribution < -0.4 is 10.5 Å². The average molecular weight is 430 g/mol. The predicted molar refractivity (Wildman–Crippen MR) is 95.6 cm³/mol. The number of sulfonamides is 1. The summed E-state index contributed by atoms with van der Waals surface area (Å²) in [7, 11) is -3.93. The highest BCUT2D eigenvalue weighted by Gasteiger charge is 2.36. The summed E-state index contributed by atoms with van der Waals surface area (Å²) in [6.45, 7) is 0. The summed E-state index contributed by atoms with van der Waals surface area (Å²) in [5.41, 5.74) is -0.211. The molecule has 13 heteroatoms. The molecule has 148 valence electrons. The summed E-state index contributed by atoms with van der Waals surface area (Å²) >= 11 is 0.769. The van der Waals surface area contributed by atoms with E-state index in [2.05, 4.69) is 25.5 Å². The van der Waals surface area contributed by atoms with Crippen LogP contribution in [0.5, 0.6) is 0 Å². The number of aromatic nitrogens is 4. The molecule has 0 saturated heterocycles. The lowest BCUT2D eigenvalue weighted by atomic mass is 10.2. The second kappa shape index (κ2) is 6.53. The fraction of sp³-hybridized carbons (Fsp3) is 0.267. The molecular formula is C15H13F3N6O2S2. The van der Waals surface area contributed by atoms with Gasteiger partial charge in [-0.15, -0.1) is 11.3 Å². The average Bonchev–Trinajstić information content (AvgIpc) is 3.13. The lowest BCUT2D eigenvalue weighted by Gasteiger charge is -2.12. The van der Waals surface area contributed by atoms with Crippen LogP contribution in [0.1, 0.15) is 30.0 Å². The van der Waals surface area contributed by atoms with Gasteiger partial charge < -0.3 is 5.32 Å². The Hall–Kier alpha value is -2.51. The van der Waals surface area contributed by atoms with Crippen molar-refractivity contribution in [2.45, 2.75) is 29.1 Å². The van der Waals surface area contributed by atoms with Crippen LogP contribution in [-0.2, 0) is 16.2 Å². The monoisotopic (exact) mass is 430 g/mol. The highest BCUT2D eigenvalue weighted by atomic mass is 32.2. The lowest BCUT2D eigenvalue weighted by molar-refractivity contribution is -0.137. The molecule has 4 N–H and O–H groups in total. The first-order valence-corrected chi connectivity index (χ1v) is 10.4. The van der Waals surface area contributed by atoms with Gasteiger partial charge in [0.15, 0.2) is 11.6 Å². The zero-order chi connectivity index (χ0) is 20.1. The topological polar surface area (TPSA) is 127 Å². The van der Waals surface area contributed by atoms with Gasteiger partial charge in [-0.05, 0) is 25.0 Å². The van der Waals surface area contributed by atoms with Crippen molar-refractivity contribution < 1.29 is 21.6 Å². The van der Waals surface area contributed by atoms with Crippen LogP contribution in [0, 0.1) is 0 Å². The first kappa shape index (κ1) is 18.8. The van der Waals surface area contributed by atoms with Gasteiger partial charge in [0.1, 0.15) is 15.6 Å². The molecule has 0 amide bonds. The molecule has 0 atom stereocenters. The molecule has 0 spiro atoms. The van der Waals surface area contributed by atoms with Gasteiger partial charge in [-0.2, -0.15) is 18.3 Å². The van der Waals surface area contributed by atoms with E-state index in [-0.39, 0.29) is 20.7 Å². The maximum atomic E-state index is 13.3. The molecule has 1 aliphatic carbocycles. The number of thiophene rings is 1. The molecule has 0 bridgehead atoms. The quantitative estimate of drug-likeness (QED) is 0.570. The Kier molecular flexibility index (Phi) is 4.39. The molecule has 3 aromatic rings. The van der Waals surface area contributed by atoms with Crippen molar-refractivity contribution in [3.63, 3.8) is 0 Å². The summed E-state index contributed by atoms with van der Waals surface area (Å²) in [5, 5.41) is 14.4. The molecule has 1 fully saturated rings. The van der Waals surface area contributed by atoms with Gasteiger partial charge in [-0.25, -0.2) is 23.5 Å². The molecule has 1 aliphatic rings. The molecule has 3 aromatic heterocycles. The number of aromatic amines is 1. The van der Waals surface area contributed by atoms with E-state index in [1.807, 2.05) is 0 Å². The molecular weight excluding hydrogens is 417 g/mol. The van der Waals surface area contributed by atoms with Crippen molar-refractivity contribution in [1.29, 1.82) is 0 Å². The van der Waals surface area contributed by atoms with Gasteiger partial charge in [0.05, 0.1) is 4.88 Å². The van der Waals surface area contributed by atoms with Crippen LogP contribution >= 0.6 is 11.3 Å². The van der Waals surface area contributed by atoms with Crippen LogP contribution in [0.25, 0.3) is 10.7 Å². The molecule has 8 nitrogen and oxygen atoms in total. The first-order valence-electron chi connectivity index (χ1n) is 8.01. The SMILES string of the molecule is NS(=O)(=O)c1ccc(-c2ncc(C(F)(F)F)c(Nc3cc(C4CC4)[nH]n3)n2)s1. The van der Waals surface area contributed by atoms with Crippen LogP contribution in [0.2, 0.25) is 0 Å². The number of anilines is 2. The van der Waals surface area contributed by atoms with E-state index in [0.717, 1.165) is 29.9 Å². The molecule has 0 unspecified atom stereocenters. The first-order chi connectivity index (χ1) is 13.1. The Morgan fingerprint density at radius 1 is 1.29 bits per heavy atom. The molecule has 0 radical (unpaired) electrons. The van der Waals surface area contributed by atoms with Crippen LogP contribution in [0.15, 0.2) is 28.6 Å². The molecule has 0 aliphatic heterocycles. The summed E-state index contributed by atoms with van der Waals surface area (Å²) in [6, 6.07) is 4.28. The number of alkyl halides is 3. The second-order valence-corrected chi connectivity index (χ2v) is 9.10. The second-order valence-electron chi connectivity index (χ2n) is 6.23. The smallest absolute Gasteiger partial charge is 0.323 e. The Labute approximate surface area is 161 Å². The van der Waals surface area contributed by atoms with Crippen molar-refractivity contribution in [2.24, 2.45) is 5.14 Å². The molecule has 4 rings (SSSR count). The van der Waals surface area contributed by atoms with Crippen molar-refractivity contribution >= 4 is 33.0 Å². The van der Waals surface area contributed by atoms with Crippen LogP contribution in [-0.4, -0.2) is 28.6 Å². The third-order valence-corrected chi connectivity index (χ3v) is 6.56. The Bertz CT molecular complexity index is 1130. The van der Waals surface area contributed by atoms with Crippen LogP contribution in [0.3, 0.4) is 0 Å². The van der Waals surface area contributed by atoms with E-state index in [1.54, 1.807) is 6.07 Å². The van der Waals surface area contributed by atoms with Crippen molar-refractivity contribution in [1.82, 2.24) is 20.2 Å². The minimum absolute atomic E-state index is 0.0617. The van der Waals surface area contributed by atoms with Crippen molar-refractivity contribution in [3.8, 4) is 10.7 Å². The highest BCUT2D eigenvalue weighted by Crippen LogP contribution is 2.40. The van der Waals surface area contributed by atoms with Crippen LogP contribution in [0.4, 0.5) is 24.8 Å². The largest absolute Gasteiger partial charge is 0.421 e. The van der Waals surface area contributed by atoms with Gasteiger partial charge in [-0.3, -0.25) is 5.10 Å². The van der Waals surface area contributed by atoms with E-state index in [0.29, 0.717) is 12.1 Å². The van der Waals surface area contributed by atoms with Gasteiger partial charge in [0.25, 0.3) is 0 Å². The number of halogens is 3. The maximum absolute atomic E-state index is 13.3. The zero-order valence-corrected chi connectivity index (χ0v) is 15.6. The minimum atomic E-state index is -4.68. The number of hydrogen-bond acceptors (Lipinski definition) is 7. The van der Waals surface area contributed by atoms with E-state index in [9.17, 15) is 21.6 Å². The number of rotatable bonds is 5. The minimum Gasteiger partial charge on any atom is -0.323 e. The highest BCUT2D eigenvalue weighted by molar-refractivity contribution is 7.91. The summed E-state index contributed by atoms with van der Waals surface area (Å²) in [6.07, 6.45) is -2.01. The molecule has 3 heterocycles. The third-order valence-electron chi connectivity index (χ3n) is 4.04. The fourth-order valence-corrected chi connectivity index (χ4v) is 4.19. The van der Waals surface area contributed by atoms with Gasteiger partial charge in [0, 0.05) is 23.9 Å². The van der Waals surface area contributed by atoms with E-state index in [4.69, 9.17) is 5.14 Å². The molecule has 0 aromatic carbocycles. The number of primary sulfonamides is 1. The zero-order valence-electron chi connectivity index (χ0n) is 14.0. The van der Waals surface area contributed by atoms with Gasteiger partial charge in [0.2, 0.25) is 10.0 Å². The van der Waals surface area contributed by atoms with Gasteiger partial charge in [-0.1, -0.05) is 0 Å². The Morgan fingerprint density at radius 3 is 2.64 bits per heavy atom. The summed E-state index contributed by atoms with van der Waals surface area (Å²) in [5.74, 6) is 0.0209. The third kappa shape index (κ3) is 3.86. The Balaban J connectivity index is 1.71. The molecule has 1 saturated carbocycles. The number of hydrogen-bond donors (Lipinski definition) is 3. The number of nitrogens with two attached hydrogens (primary N) is 1. The van der Waals surface area contributed by atoms with Gasteiger partial charge >= 0.3 is 6.18 Å². The van der Waals surface area contributed by atoms with Crippen molar-refractivity contribution in [2.75, 3.05) is 5.32 Å². The van der Waals surface area contributed by atoms with E-state index >= 15 is 0 Å². The Morgan fingerprint density at radius 2 is 2.04 bits per heavy atom. The fourth-order valence-electron chi connectivity index (χ4n) is 2.52. The van der Waals surface area contributed by atoms with E-state index in [1.165, 1.54) is 12.1 Å². The molecule has 28 heavy (non-hydrogen) atoms. The predicted octanol–water partition coefficient (Wildman–Crippen LogP) is 3.22. The number of nitrogens with zero attached hydrogens (tertiary/aromatic N) is 3. The number of H-pyrrole nitrogens is 1. The lowest BCUT2D eigenvalue weighted by Crippen LogP contribution is -2.12. The van der Waals surface area contributed by atoms with Crippen molar-refractivity contribution in [3.05, 3.63) is 35.7 Å². The summed E-state index contributed by atoms with van der Waals surface area (Å²) < 4.78 is 62.7. The van der Waals surface area contributed by atoms with E-state index < -0.39 is 27.6 Å². The summed E-state index contributed by atoms with van der Waals surface area (Å²) in [4.78, 5) is 7.95. The number of nitrogens with one attached hydrogen (secondary N) is 2. The normalized spacial score (nSPS) is 15.0. The maximum Gasteiger partial charge on any atom is 0.421 e.